The van der Waals surface area contributed by atoms with Gasteiger partial charge in [0.25, 0.3) is 5.56 Å². The number of nitrogens with one attached hydrogen (secondary N) is 1. The SMILES string of the molecule is Cc1cccc(-n2c(SCCCC(=O)Nc3c(C)cccc3C)nc3ccccc3c2=O)c1. The zero-order valence-electron chi connectivity index (χ0n) is 19.1. The van der Waals surface area contributed by atoms with Gasteiger partial charge < -0.3 is 5.32 Å². The van der Waals surface area contributed by atoms with Crippen LogP contribution in [0.3, 0.4) is 0 Å². The molecule has 0 atom stereocenters. The zero-order chi connectivity index (χ0) is 23.4. The fourth-order valence-electron chi connectivity index (χ4n) is 3.81. The monoisotopic (exact) mass is 457 g/mol. The van der Waals surface area contributed by atoms with Crippen LogP contribution in [-0.2, 0) is 4.79 Å². The van der Waals surface area contributed by atoms with Crippen molar-refractivity contribution < 1.29 is 4.79 Å². The molecule has 0 fully saturated rings. The van der Waals surface area contributed by atoms with Crippen LogP contribution in [0.5, 0.6) is 0 Å². The number of hydrogen-bond acceptors (Lipinski definition) is 4. The predicted octanol–water partition coefficient (Wildman–Crippen LogP) is 5.82. The smallest absolute Gasteiger partial charge is 0.266 e. The highest BCUT2D eigenvalue weighted by Gasteiger charge is 2.14. The van der Waals surface area contributed by atoms with Crippen LogP contribution in [-0.4, -0.2) is 21.2 Å². The highest BCUT2D eigenvalue weighted by Crippen LogP contribution is 2.24. The molecular formula is C27H27N3O2S. The van der Waals surface area contributed by atoms with Gasteiger partial charge in [0.1, 0.15) is 0 Å². The number of hydrogen-bond donors (Lipinski definition) is 1. The first-order valence-electron chi connectivity index (χ1n) is 11.0. The molecule has 5 nitrogen and oxygen atoms in total. The third-order valence-corrected chi connectivity index (χ3v) is 6.55. The summed E-state index contributed by atoms with van der Waals surface area (Å²) in [5.74, 6) is 0.673. The van der Waals surface area contributed by atoms with Crippen molar-refractivity contribution >= 4 is 34.3 Å². The number of amides is 1. The fraction of sp³-hybridized carbons (Fsp3) is 0.222. The molecule has 0 unspecified atom stereocenters. The first-order valence-corrected chi connectivity index (χ1v) is 12.0. The Bertz CT molecular complexity index is 1360. The summed E-state index contributed by atoms with van der Waals surface area (Å²) in [5, 5.41) is 4.27. The van der Waals surface area contributed by atoms with Crippen LogP contribution < -0.4 is 10.9 Å². The van der Waals surface area contributed by atoms with Crippen molar-refractivity contribution in [2.75, 3.05) is 11.1 Å². The molecule has 0 saturated heterocycles. The van der Waals surface area contributed by atoms with Crippen molar-refractivity contribution in [1.29, 1.82) is 0 Å². The molecule has 0 aliphatic heterocycles. The number of fused-ring (bicyclic) bond motifs is 1. The van der Waals surface area contributed by atoms with Gasteiger partial charge in [-0.3, -0.25) is 14.2 Å². The molecule has 1 N–H and O–H groups in total. The number of aromatic nitrogens is 2. The van der Waals surface area contributed by atoms with E-state index in [1.807, 2.05) is 87.5 Å². The second kappa shape index (κ2) is 10.0. The van der Waals surface area contributed by atoms with E-state index in [0.717, 1.165) is 28.1 Å². The van der Waals surface area contributed by atoms with Gasteiger partial charge in [0.15, 0.2) is 5.16 Å². The molecule has 0 bridgehead atoms. The van der Waals surface area contributed by atoms with Crippen LogP contribution >= 0.6 is 11.8 Å². The lowest BCUT2D eigenvalue weighted by Crippen LogP contribution is -2.22. The van der Waals surface area contributed by atoms with Gasteiger partial charge in [0.05, 0.1) is 16.6 Å². The molecule has 3 aromatic carbocycles. The summed E-state index contributed by atoms with van der Waals surface area (Å²) in [6.45, 7) is 5.99. The van der Waals surface area contributed by atoms with Crippen LogP contribution in [0, 0.1) is 20.8 Å². The van der Waals surface area contributed by atoms with Gasteiger partial charge >= 0.3 is 0 Å². The summed E-state index contributed by atoms with van der Waals surface area (Å²) in [7, 11) is 0. The summed E-state index contributed by atoms with van der Waals surface area (Å²) in [4.78, 5) is 30.6. The van der Waals surface area contributed by atoms with Crippen LogP contribution in [0.25, 0.3) is 16.6 Å². The third kappa shape index (κ3) is 5.17. The number of thioether (sulfide) groups is 1. The van der Waals surface area contributed by atoms with Crippen molar-refractivity contribution in [1.82, 2.24) is 9.55 Å². The maximum Gasteiger partial charge on any atom is 0.266 e. The van der Waals surface area contributed by atoms with Crippen LogP contribution in [0.15, 0.2) is 76.7 Å². The Hall–Kier alpha value is -3.38. The Morgan fingerprint density at radius 3 is 2.45 bits per heavy atom. The van der Waals surface area contributed by atoms with Gasteiger partial charge in [0.2, 0.25) is 5.91 Å². The maximum absolute atomic E-state index is 13.3. The minimum atomic E-state index is -0.0820. The maximum atomic E-state index is 13.3. The Balaban J connectivity index is 1.51. The topological polar surface area (TPSA) is 64.0 Å². The van der Waals surface area contributed by atoms with E-state index in [4.69, 9.17) is 4.98 Å². The van der Waals surface area contributed by atoms with Crippen molar-refractivity contribution in [3.63, 3.8) is 0 Å². The van der Waals surface area contributed by atoms with Crippen LogP contribution in [0.2, 0.25) is 0 Å². The lowest BCUT2D eigenvalue weighted by Gasteiger charge is -2.14. The highest BCUT2D eigenvalue weighted by atomic mass is 32.2. The first kappa shape index (κ1) is 22.8. The Kier molecular flexibility index (Phi) is 6.94. The summed E-state index contributed by atoms with van der Waals surface area (Å²) in [5.41, 5.74) is 5.48. The van der Waals surface area contributed by atoms with Crippen molar-refractivity contribution in [3.05, 3.63) is 93.8 Å². The lowest BCUT2D eigenvalue weighted by atomic mass is 10.1. The average molecular weight is 458 g/mol. The molecule has 1 amide bonds. The molecular weight excluding hydrogens is 430 g/mol. The number of benzene rings is 3. The number of rotatable bonds is 7. The Morgan fingerprint density at radius 2 is 1.70 bits per heavy atom. The van der Waals surface area contributed by atoms with Gasteiger partial charge in [-0.2, -0.15) is 0 Å². The molecule has 0 aliphatic carbocycles. The van der Waals surface area contributed by atoms with E-state index in [1.54, 1.807) is 4.57 Å². The Morgan fingerprint density at radius 1 is 0.970 bits per heavy atom. The fourth-order valence-corrected chi connectivity index (χ4v) is 4.77. The van der Waals surface area contributed by atoms with E-state index in [9.17, 15) is 9.59 Å². The number of anilines is 1. The molecule has 1 aromatic heterocycles. The first-order chi connectivity index (χ1) is 15.9. The van der Waals surface area contributed by atoms with Crippen LogP contribution in [0.1, 0.15) is 29.5 Å². The number of carbonyl (C=O) groups is 1. The minimum Gasteiger partial charge on any atom is -0.326 e. The second-order valence-corrected chi connectivity index (χ2v) is 9.22. The molecule has 4 aromatic rings. The molecule has 1 heterocycles. The zero-order valence-corrected chi connectivity index (χ0v) is 19.9. The third-order valence-electron chi connectivity index (χ3n) is 5.53. The van der Waals surface area contributed by atoms with E-state index >= 15 is 0 Å². The van der Waals surface area contributed by atoms with Gasteiger partial charge in [-0.25, -0.2) is 4.98 Å². The normalized spacial score (nSPS) is 11.0. The van der Waals surface area contributed by atoms with E-state index in [0.29, 0.717) is 34.7 Å². The number of nitrogens with zero attached hydrogens (tertiary/aromatic N) is 2. The van der Waals surface area contributed by atoms with Gasteiger partial charge in [0, 0.05) is 17.9 Å². The van der Waals surface area contributed by atoms with Crippen molar-refractivity contribution in [2.24, 2.45) is 0 Å². The summed E-state index contributed by atoms with van der Waals surface area (Å²) >= 11 is 1.50. The number of carbonyl (C=O) groups excluding carboxylic acids is 1. The molecule has 33 heavy (non-hydrogen) atoms. The van der Waals surface area contributed by atoms with E-state index < -0.39 is 0 Å². The van der Waals surface area contributed by atoms with Crippen LogP contribution in [0.4, 0.5) is 5.69 Å². The molecule has 0 saturated carbocycles. The van der Waals surface area contributed by atoms with Gasteiger partial charge in [-0.1, -0.05) is 54.2 Å². The lowest BCUT2D eigenvalue weighted by molar-refractivity contribution is -0.116. The molecule has 0 radical (unpaired) electrons. The number of para-hydroxylation sites is 2. The van der Waals surface area contributed by atoms with Gasteiger partial charge in [-0.15, -0.1) is 0 Å². The Labute approximate surface area is 197 Å². The quantitative estimate of drug-likeness (QED) is 0.216. The highest BCUT2D eigenvalue weighted by molar-refractivity contribution is 7.99. The molecule has 0 aliphatic rings. The van der Waals surface area contributed by atoms with E-state index in [-0.39, 0.29) is 11.5 Å². The number of aryl methyl sites for hydroxylation is 3. The van der Waals surface area contributed by atoms with E-state index in [2.05, 4.69) is 5.32 Å². The van der Waals surface area contributed by atoms with E-state index in [1.165, 1.54) is 11.8 Å². The largest absolute Gasteiger partial charge is 0.326 e. The molecule has 0 spiro atoms. The molecule has 4 rings (SSSR count). The minimum absolute atomic E-state index is 0.00412. The second-order valence-electron chi connectivity index (χ2n) is 8.16. The average Bonchev–Trinajstić information content (AvgIpc) is 2.79. The van der Waals surface area contributed by atoms with Crippen molar-refractivity contribution in [3.8, 4) is 5.69 Å². The molecule has 168 valence electrons. The standard InChI is InChI=1S/C27H27N3O2S/c1-18-9-6-12-21(17-18)30-26(32)22-13-4-5-14-23(22)28-27(30)33-16-8-15-24(31)29-25-19(2)10-7-11-20(25)3/h4-7,9-14,17H,8,15-16H2,1-3H3,(H,29,31). The molecule has 6 heteroatoms. The predicted molar refractivity (Wildman–Crippen MR) is 137 cm³/mol. The van der Waals surface area contributed by atoms with Gasteiger partial charge in [-0.05, 0) is 68.1 Å². The summed E-state index contributed by atoms with van der Waals surface area (Å²) < 4.78 is 1.68. The summed E-state index contributed by atoms with van der Waals surface area (Å²) in [6, 6.07) is 21.2. The van der Waals surface area contributed by atoms with Crippen molar-refractivity contribution in [2.45, 2.75) is 38.8 Å². The summed E-state index contributed by atoms with van der Waals surface area (Å²) in [6.07, 6.45) is 1.08.